The Hall–Kier alpha value is -1.59. The van der Waals surface area contributed by atoms with Crippen molar-refractivity contribution in [3.63, 3.8) is 0 Å². The molecule has 0 radical (unpaired) electrons. The lowest BCUT2D eigenvalue weighted by molar-refractivity contribution is -0.196. The van der Waals surface area contributed by atoms with E-state index < -0.39 is 29.2 Å². The van der Waals surface area contributed by atoms with Crippen molar-refractivity contribution in [1.29, 1.82) is 0 Å². The van der Waals surface area contributed by atoms with Crippen molar-refractivity contribution in [2.75, 3.05) is 0 Å². The van der Waals surface area contributed by atoms with E-state index in [4.69, 9.17) is 14.2 Å². The van der Waals surface area contributed by atoms with Gasteiger partial charge in [-0.25, -0.2) is 4.79 Å². The molecule has 128 valence electrons. The van der Waals surface area contributed by atoms with Gasteiger partial charge in [0.2, 0.25) is 5.60 Å². The zero-order chi connectivity index (χ0) is 17.2. The van der Waals surface area contributed by atoms with Crippen LogP contribution in [0.5, 0.6) is 0 Å². The van der Waals surface area contributed by atoms with Crippen molar-refractivity contribution in [2.24, 2.45) is 23.7 Å². The van der Waals surface area contributed by atoms with Gasteiger partial charge in [0.05, 0.1) is 11.8 Å². The highest BCUT2D eigenvalue weighted by atomic mass is 16.6. The van der Waals surface area contributed by atoms with Gasteiger partial charge >= 0.3 is 17.9 Å². The number of carbonyl (C=O) groups excluding carboxylic acids is 3. The number of hydrogen-bond acceptors (Lipinski definition) is 6. The van der Waals surface area contributed by atoms with Crippen LogP contribution in [0, 0.1) is 23.7 Å². The second-order valence-corrected chi connectivity index (χ2v) is 7.96. The topological polar surface area (TPSA) is 78.9 Å². The fourth-order valence-corrected chi connectivity index (χ4v) is 4.20. The molecule has 23 heavy (non-hydrogen) atoms. The van der Waals surface area contributed by atoms with Gasteiger partial charge in [0.15, 0.2) is 0 Å². The summed E-state index contributed by atoms with van der Waals surface area (Å²) in [6, 6.07) is 0. The minimum Gasteiger partial charge on any atom is -0.455 e. The molecular formula is C17H24O6. The summed E-state index contributed by atoms with van der Waals surface area (Å²) < 4.78 is 16.5. The first-order chi connectivity index (χ1) is 10.6. The van der Waals surface area contributed by atoms with Crippen molar-refractivity contribution >= 4 is 17.9 Å². The van der Waals surface area contributed by atoms with Gasteiger partial charge in [0, 0.05) is 11.8 Å². The molecule has 0 spiro atoms. The minimum atomic E-state index is -1.36. The van der Waals surface area contributed by atoms with E-state index in [1.165, 1.54) is 13.8 Å². The third kappa shape index (κ3) is 2.34. The lowest BCUT2D eigenvalue weighted by atomic mass is 9.79. The highest BCUT2D eigenvalue weighted by Crippen LogP contribution is 2.61. The van der Waals surface area contributed by atoms with Gasteiger partial charge in [-0.3, -0.25) is 9.59 Å². The second kappa shape index (κ2) is 4.95. The average molecular weight is 324 g/mol. The number of rotatable bonds is 4. The number of hydrogen-bond donors (Lipinski definition) is 0. The Morgan fingerprint density at radius 2 is 1.96 bits per heavy atom. The maximum atomic E-state index is 12.5. The van der Waals surface area contributed by atoms with Crippen molar-refractivity contribution in [3.05, 3.63) is 0 Å². The summed E-state index contributed by atoms with van der Waals surface area (Å²) in [6.45, 7) is 8.31. The molecule has 5 unspecified atom stereocenters. The van der Waals surface area contributed by atoms with Gasteiger partial charge in [-0.2, -0.15) is 0 Å². The van der Waals surface area contributed by atoms with Crippen molar-refractivity contribution in [3.8, 4) is 0 Å². The number of fused-ring (bicyclic) bond motifs is 1. The average Bonchev–Trinajstić information content (AvgIpc) is 3.01. The van der Waals surface area contributed by atoms with Crippen LogP contribution in [0.3, 0.4) is 0 Å². The van der Waals surface area contributed by atoms with Gasteiger partial charge in [-0.05, 0) is 33.6 Å². The van der Waals surface area contributed by atoms with Crippen LogP contribution in [0.1, 0.15) is 47.5 Å². The fraction of sp³-hybridized carbons (Fsp3) is 0.824. The summed E-state index contributed by atoms with van der Waals surface area (Å²) in [4.78, 5) is 36.2. The normalized spacial score (nSPS) is 37.9. The number of esters is 3. The third-order valence-electron chi connectivity index (χ3n) is 5.50. The summed E-state index contributed by atoms with van der Waals surface area (Å²) in [5.41, 5.74) is -2.10. The minimum absolute atomic E-state index is 0.0493. The van der Waals surface area contributed by atoms with Gasteiger partial charge in [0.25, 0.3) is 0 Å². The Balaban J connectivity index is 1.71. The van der Waals surface area contributed by atoms with E-state index in [0.717, 1.165) is 6.42 Å². The lowest BCUT2D eigenvalue weighted by Gasteiger charge is -2.36. The molecule has 0 N–H and O–H groups in total. The largest absolute Gasteiger partial charge is 0.455 e. The predicted molar refractivity (Wildman–Crippen MR) is 79.1 cm³/mol. The molecule has 3 aliphatic rings. The van der Waals surface area contributed by atoms with Crippen LogP contribution in [0.25, 0.3) is 0 Å². The van der Waals surface area contributed by atoms with Crippen LogP contribution >= 0.6 is 0 Å². The van der Waals surface area contributed by atoms with E-state index in [1.54, 1.807) is 13.8 Å². The van der Waals surface area contributed by atoms with Crippen molar-refractivity contribution < 1.29 is 28.6 Å². The Bertz CT molecular complexity index is 565. The molecule has 6 heteroatoms. The van der Waals surface area contributed by atoms with Crippen molar-refractivity contribution in [1.82, 2.24) is 0 Å². The lowest BCUT2D eigenvalue weighted by Crippen LogP contribution is -2.50. The predicted octanol–water partition coefficient (Wildman–Crippen LogP) is 1.85. The zero-order valence-corrected chi connectivity index (χ0v) is 14.3. The van der Waals surface area contributed by atoms with E-state index in [0.29, 0.717) is 6.42 Å². The first kappa shape index (κ1) is 16.3. The second-order valence-electron chi connectivity index (χ2n) is 7.96. The third-order valence-corrected chi connectivity index (χ3v) is 5.50. The summed E-state index contributed by atoms with van der Waals surface area (Å²) in [6.07, 6.45) is 1.10. The first-order valence-corrected chi connectivity index (χ1v) is 8.23. The molecule has 2 bridgehead atoms. The molecule has 1 saturated heterocycles. The Kier molecular flexibility index (Phi) is 3.50. The summed E-state index contributed by atoms with van der Waals surface area (Å²) >= 11 is 0. The Morgan fingerprint density at radius 1 is 1.30 bits per heavy atom. The molecular weight excluding hydrogens is 300 g/mol. The van der Waals surface area contributed by atoms with Crippen molar-refractivity contribution in [2.45, 2.75) is 64.8 Å². The molecule has 1 aliphatic heterocycles. The molecule has 5 atom stereocenters. The number of ether oxygens (including phenoxy) is 3. The highest BCUT2D eigenvalue weighted by molar-refractivity contribution is 5.84. The van der Waals surface area contributed by atoms with Crippen LogP contribution in [-0.4, -0.2) is 35.2 Å². The van der Waals surface area contributed by atoms with Gasteiger partial charge in [0.1, 0.15) is 11.7 Å². The quantitative estimate of drug-likeness (QED) is 0.580. The first-order valence-electron chi connectivity index (χ1n) is 8.23. The molecule has 1 heterocycles. The number of carbonyl (C=O) groups is 3. The van der Waals surface area contributed by atoms with E-state index in [2.05, 4.69) is 0 Å². The molecule has 6 nitrogen and oxygen atoms in total. The van der Waals surface area contributed by atoms with Gasteiger partial charge in [-0.15, -0.1) is 0 Å². The van der Waals surface area contributed by atoms with Crippen LogP contribution in [0.2, 0.25) is 0 Å². The highest BCUT2D eigenvalue weighted by Gasteiger charge is 2.70. The maximum absolute atomic E-state index is 12.5. The molecule has 0 aromatic carbocycles. The zero-order valence-electron chi connectivity index (χ0n) is 14.3. The van der Waals surface area contributed by atoms with E-state index in [1.807, 2.05) is 6.92 Å². The van der Waals surface area contributed by atoms with Gasteiger partial charge < -0.3 is 14.2 Å². The van der Waals surface area contributed by atoms with E-state index in [-0.39, 0.29) is 29.6 Å². The molecule has 0 amide bonds. The molecule has 0 aromatic rings. The summed E-state index contributed by atoms with van der Waals surface area (Å²) in [7, 11) is 0. The SMILES string of the molecule is CC(C)C(=O)OC(C)(C)C(=O)OC1C2CC3C(=O)OC1(C)C3C2. The molecule has 3 fully saturated rings. The van der Waals surface area contributed by atoms with Crippen LogP contribution in [-0.2, 0) is 28.6 Å². The smallest absolute Gasteiger partial charge is 0.350 e. The van der Waals surface area contributed by atoms with Crippen LogP contribution < -0.4 is 0 Å². The monoisotopic (exact) mass is 324 g/mol. The fourth-order valence-electron chi connectivity index (χ4n) is 4.20. The van der Waals surface area contributed by atoms with Crippen LogP contribution in [0.15, 0.2) is 0 Å². The van der Waals surface area contributed by atoms with Crippen LogP contribution in [0.4, 0.5) is 0 Å². The molecule has 3 rings (SSSR count). The van der Waals surface area contributed by atoms with E-state index >= 15 is 0 Å². The maximum Gasteiger partial charge on any atom is 0.350 e. The Morgan fingerprint density at radius 3 is 2.57 bits per heavy atom. The summed E-state index contributed by atoms with van der Waals surface area (Å²) in [5, 5.41) is 0. The molecule has 2 aliphatic carbocycles. The molecule has 2 saturated carbocycles. The summed E-state index contributed by atoms with van der Waals surface area (Å²) in [5.74, 6) is -1.32. The standard InChI is InChI=1S/C17H24O6/c1-8(2)13(18)22-16(3,4)15(20)21-12-9-6-10-11(7-9)17(12,5)23-14(10)19/h8-12H,6-7H2,1-5H3. The van der Waals surface area contributed by atoms with Gasteiger partial charge in [-0.1, -0.05) is 13.8 Å². The molecule has 0 aromatic heterocycles. The van der Waals surface area contributed by atoms with E-state index in [9.17, 15) is 14.4 Å². The Labute approximate surface area is 135 Å².